The van der Waals surface area contributed by atoms with Gasteiger partial charge >= 0.3 is 0 Å². The van der Waals surface area contributed by atoms with Crippen molar-refractivity contribution in [1.82, 2.24) is 5.32 Å². The van der Waals surface area contributed by atoms with Crippen LogP contribution in [0.5, 0.6) is 17.2 Å². The minimum Gasteiger partial charge on any atom is -0.497 e. The van der Waals surface area contributed by atoms with Crippen LogP contribution in [0.2, 0.25) is 5.02 Å². The van der Waals surface area contributed by atoms with Crippen LogP contribution >= 0.6 is 11.6 Å². The zero-order chi connectivity index (χ0) is 25.9. The molecule has 0 saturated heterocycles. The van der Waals surface area contributed by atoms with Crippen LogP contribution in [0.1, 0.15) is 22.3 Å². The minimum absolute atomic E-state index is 0.0279. The minimum atomic E-state index is -0.475. The molecule has 3 rings (SSSR count). The molecule has 0 spiro atoms. The van der Waals surface area contributed by atoms with Gasteiger partial charge in [0.2, 0.25) is 0 Å². The molecule has 1 N–H and O–H groups in total. The summed E-state index contributed by atoms with van der Waals surface area (Å²) in [4.78, 5) is 12.7. The zero-order valence-corrected chi connectivity index (χ0v) is 21.0. The maximum Gasteiger partial charge on any atom is 0.262 e. The molecule has 0 saturated carbocycles. The van der Waals surface area contributed by atoms with Gasteiger partial charge < -0.3 is 19.5 Å². The van der Waals surface area contributed by atoms with Gasteiger partial charge in [-0.15, -0.1) is 6.58 Å². The average molecular weight is 503 g/mol. The maximum absolute atomic E-state index is 12.7. The average Bonchev–Trinajstić information content (AvgIpc) is 2.90. The van der Waals surface area contributed by atoms with Gasteiger partial charge in [-0.3, -0.25) is 4.79 Å². The number of nitriles is 1. The SMILES string of the molecule is C=CCc1cc(/C=C(/C#N)C(=O)NCc2ccc(OC)cc2)cc(OC)c1OCc1ccccc1Cl. The molecule has 3 aromatic rings. The number of carbonyl (C=O) groups is 1. The van der Waals surface area contributed by atoms with E-state index in [9.17, 15) is 10.1 Å². The van der Waals surface area contributed by atoms with E-state index in [1.165, 1.54) is 13.2 Å². The summed E-state index contributed by atoms with van der Waals surface area (Å²) in [5, 5.41) is 13.0. The van der Waals surface area contributed by atoms with Gasteiger partial charge in [-0.25, -0.2) is 0 Å². The first-order valence-electron chi connectivity index (χ1n) is 11.2. The third kappa shape index (κ3) is 6.91. The lowest BCUT2D eigenvalue weighted by molar-refractivity contribution is -0.117. The molecular weight excluding hydrogens is 476 g/mol. The molecule has 1 amide bonds. The van der Waals surface area contributed by atoms with E-state index in [0.29, 0.717) is 28.5 Å². The number of rotatable bonds is 11. The fourth-order valence-electron chi connectivity index (χ4n) is 3.49. The number of nitrogens with one attached hydrogen (secondary N) is 1. The molecule has 0 aliphatic carbocycles. The number of carbonyl (C=O) groups excluding carboxylic acids is 1. The Kier molecular flexibility index (Phi) is 9.56. The predicted molar refractivity (Wildman–Crippen MR) is 141 cm³/mol. The Morgan fingerprint density at radius 3 is 2.47 bits per heavy atom. The Bertz CT molecular complexity index is 1290. The summed E-state index contributed by atoms with van der Waals surface area (Å²) in [6.45, 7) is 4.36. The Balaban J connectivity index is 1.82. The zero-order valence-electron chi connectivity index (χ0n) is 20.2. The third-order valence-corrected chi connectivity index (χ3v) is 5.73. The van der Waals surface area contributed by atoms with Crippen LogP contribution < -0.4 is 19.5 Å². The molecule has 0 aromatic heterocycles. The normalized spacial score (nSPS) is 10.8. The van der Waals surface area contributed by atoms with Crippen LogP contribution in [0, 0.1) is 11.3 Å². The van der Waals surface area contributed by atoms with Gasteiger partial charge in [-0.1, -0.05) is 48.0 Å². The van der Waals surface area contributed by atoms with Gasteiger partial charge in [0.25, 0.3) is 5.91 Å². The summed E-state index contributed by atoms with van der Waals surface area (Å²) in [5.74, 6) is 1.28. The van der Waals surface area contributed by atoms with Crippen molar-refractivity contribution in [3.63, 3.8) is 0 Å². The smallest absolute Gasteiger partial charge is 0.262 e. The summed E-state index contributed by atoms with van der Waals surface area (Å²) < 4.78 is 16.8. The molecule has 0 atom stereocenters. The first kappa shape index (κ1) is 26.4. The molecule has 3 aromatic carbocycles. The number of hydrogen-bond donors (Lipinski definition) is 1. The molecule has 0 heterocycles. The van der Waals surface area contributed by atoms with Crippen molar-refractivity contribution < 1.29 is 19.0 Å². The van der Waals surface area contributed by atoms with Crippen LogP contribution in [-0.4, -0.2) is 20.1 Å². The number of halogens is 1. The topological polar surface area (TPSA) is 80.6 Å². The maximum atomic E-state index is 12.7. The Hall–Kier alpha value is -4.21. The largest absolute Gasteiger partial charge is 0.497 e. The van der Waals surface area contributed by atoms with Crippen LogP contribution in [0.4, 0.5) is 0 Å². The lowest BCUT2D eigenvalue weighted by atomic mass is 10.0. The fourth-order valence-corrected chi connectivity index (χ4v) is 3.68. The number of benzene rings is 3. The van der Waals surface area contributed by atoms with Crippen molar-refractivity contribution in [2.45, 2.75) is 19.6 Å². The summed E-state index contributed by atoms with van der Waals surface area (Å²) in [7, 11) is 3.13. The quantitative estimate of drug-likeness (QED) is 0.201. The Morgan fingerprint density at radius 1 is 1.08 bits per heavy atom. The molecule has 7 heteroatoms. The van der Waals surface area contributed by atoms with Gasteiger partial charge in [0, 0.05) is 22.7 Å². The number of allylic oxidation sites excluding steroid dienone is 1. The Labute approximate surface area is 216 Å². The fraction of sp³-hybridized carbons (Fsp3) is 0.172. The monoisotopic (exact) mass is 502 g/mol. The molecule has 0 fully saturated rings. The van der Waals surface area contributed by atoms with E-state index in [1.807, 2.05) is 54.6 Å². The van der Waals surface area contributed by atoms with E-state index in [2.05, 4.69) is 11.9 Å². The highest BCUT2D eigenvalue weighted by atomic mass is 35.5. The summed E-state index contributed by atoms with van der Waals surface area (Å²) in [5.41, 5.74) is 3.13. The number of amides is 1. The van der Waals surface area contributed by atoms with E-state index in [4.69, 9.17) is 25.8 Å². The highest BCUT2D eigenvalue weighted by Gasteiger charge is 2.15. The van der Waals surface area contributed by atoms with Crippen LogP contribution in [-0.2, 0) is 24.4 Å². The van der Waals surface area contributed by atoms with Crippen LogP contribution in [0.3, 0.4) is 0 Å². The van der Waals surface area contributed by atoms with Crippen molar-refractivity contribution in [3.05, 3.63) is 106 Å². The van der Waals surface area contributed by atoms with Crippen molar-refractivity contribution in [2.75, 3.05) is 14.2 Å². The summed E-state index contributed by atoms with van der Waals surface area (Å²) in [6, 6.07) is 20.3. The van der Waals surface area contributed by atoms with Gasteiger partial charge in [-0.05, 0) is 54.0 Å². The van der Waals surface area contributed by atoms with Gasteiger partial charge in [0.05, 0.1) is 14.2 Å². The van der Waals surface area contributed by atoms with Crippen molar-refractivity contribution in [3.8, 4) is 23.3 Å². The molecule has 36 heavy (non-hydrogen) atoms. The molecule has 0 radical (unpaired) electrons. The number of ether oxygens (including phenoxy) is 3. The predicted octanol–water partition coefficient (Wildman–Crippen LogP) is 5.89. The molecule has 6 nitrogen and oxygen atoms in total. The highest BCUT2D eigenvalue weighted by Crippen LogP contribution is 2.35. The molecular formula is C29H27ClN2O4. The third-order valence-electron chi connectivity index (χ3n) is 5.36. The highest BCUT2D eigenvalue weighted by molar-refractivity contribution is 6.31. The van der Waals surface area contributed by atoms with Crippen molar-refractivity contribution in [2.24, 2.45) is 0 Å². The van der Waals surface area contributed by atoms with Gasteiger partial charge in [0.1, 0.15) is 24.0 Å². The second-order valence-electron chi connectivity index (χ2n) is 7.78. The van der Waals surface area contributed by atoms with Crippen molar-refractivity contribution in [1.29, 1.82) is 5.26 Å². The van der Waals surface area contributed by atoms with Gasteiger partial charge in [0.15, 0.2) is 11.5 Å². The molecule has 184 valence electrons. The first-order valence-corrected chi connectivity index (χ1v) is 11.6. The molecule has 0 unspecified atom stereocenters. The number of hydrogen-bond acceptors (Lipinski definition) is 5. The second-order valence-corrected chi connectivity index (χ2v) is 8.19. The van der Waals surface area contributed by atoms with E-state index in [1.54, 1.807) is 25.3 Å². The Morgan fingerprint density at radius 2 is 1.83 bits per heavy atom. The van der Waals surface area contributed by atoms with Crippen molar-refractivity contribution >= 4 is 23.6 Å². The van der Waals surface area contributed by atoms with E-state index < -0.39 is 5.91 Å². The number of nitrogens with zero attached hydrogens (tertiary/aromatic N) is 1. The van der Waals surface area contributed by atoms with E-state index >= 15 is 0 Å². The van der Waals surface area contributed by atoms with E-state index in [0.717, 1.165) is 22.4 Å². The standard InChI is InChI=1S/C29H27ClN2O4/c1-4-7-22-14-21(16-27(35-3)28(22)36-19-23-8-5-6-9-26(23)30)15-24(17-31)29(33)32-18-20-10-12-25(34-2)13-11-20/h4-6,8-16H,1,7,18-19H2,2-3H3,(H,32,33)/b24-15-. The summed E-state index contributed by atoms with van der Waals surface area (Å²) in [6.07, 6.45) is 3.77. The molecule has 0 bridgehead atoms. The molecule has 0 aliphatic rings. The summed E-state index contributed by atoms with van der Waals surface area (Å²) >= 11 is 6.26. The number of methoxy groups -OCH3 is 2. The van der Waals surface area contributed by atoms with Crippen LogP contribution in [0.15, 0.2) is 78.9 Å². The molecule has 0 aliphatic heterocycles. The first-order chi connectivity index (χ1) is 17.5. The second kappa shape index (κ2) is 13.0. The lowest BCUT2D eigenvalue weighted by Gasteiger charge is -2.16. The lowest BCUT2D eigenvalue weighted by Crippen LogP contribution is -2.23. The van der Waals surface area contributed by atoms with E-state index in [-0.39, 0.29) is 18.7 Å². The van der Waals surface area contributed by atoms with Gasteiger partial charge in [-0.2, -0.15) is 5.26 Å². The van der Waals surface area contributed by atoms with Crippen LogP contribution in [0.25, 0.3) is 6.08 Å².